The van der Waals surface area contributed by atoms with Crippen LogP contribution in [0.15, 0.2) is 78.9 Å². The van der Waals surface area contributed by atoms with Crippen LogP contribution in [-0.2, 0) is 0 Å². The van der Waals surface area contributed by atoms with Crippen molar-refractivity contribution in [1.29, 1.82) is 0 Å². The average molecular weight is 320 g/mol. The Morgan fingerprint density at radius 2 is 1.00 bits per heavy atom. The van der Waals surface area contributed by atoms with Gasteiger partial charge in [-0.2, -0.15) is 0 Å². The highest BCUT2D eigenvalue weighted by molar-refractivity contribution is 6.23. The van der Waals surface area contributed by atoms with E-state index in [0.717, 1.165) is 38.8 Å². The number of nitrogens with zero attached hydrogens (tertiary/aromatic N) is 2. The fourth-order valence-electron chi connectivity index (χ4n) is 3.61. The number of aryl methyl sites for hydroxylation is 1. The first-order valence-electron chi connectivity index (χ1n) is 8.46. The maximum Gasteiger partial charge on any atom is 0.0979 e. The Bertz CT molecular complexity index is 1240. The monoisotopic (exact) mass is 320 g/mol. The van der Waals surface area contributed by atoms with E-state index in [4.69, 9.17) is 9.97 Å². The molecule has 0 amide bonds. The Hall–Kier alpha value is -3.26. The van der Waals surface area contributed by atoms with Crippen LogP contribution in [0.1, 0.15) is 5.69 Å². The van der Waals surface area contributed by atoms with E-state index in [1.807, 2.05) is 25.1 Å². The van der Waals surface area contributed by atoms with Crippen molar-refractivity contribution in [3.05, 3.63) is 84.6 Å². The minimum absolute atomic E-state index is 0.952. The van der Waals surface area contributed by atoms with E-state index in [1.165, 1.54) is 10.8 Å². The summed E-state index contributed by atoms with van der Waals surface area (Å²) in [5.74, 6) is 0. The van der Waals surface area contributed by atoms with Crippen molar-refractivity contribution in [2.75, 3.05) is 0 Å². The molecule has 0 spiro atoms. The zero-order chi connectivity index (χ0) is 16.8. The number of rotatable bonds is 1. The maximum atomic E-state index is 5.06. The molecule has 0 aliphatic rings. The van der Waals surface area contributed by atoms with Gasteiger partial charge < -0.3 is 0 Å². The smallest absolute Gasteiger partial charge is 0.0979 e. The first-order valence-corrected chi connectivity index (χ1v) is 8.46. The molecule has 0 aliphatic heterocycles. The highest BCUT2D eigenvalue weighted by Crippen LogP contribution is 2.34. The van der Waals surface area contributed by atoms with Gasteiger partial charge in [-0.1, -0.05) is 78.9 Å². The van der Waals surface area contributed by atoms with Crippen molar-refractivity contribution < 1.29 is 0 Å². The third-order valence-electron chi connectivity index (χ3n) is 4.77. The lowest BCUT2D eigenvalue weighted by Crippen LogP contribution is -1.96. The van der Waals surface area contributed by atoms with E-state index in [9.17, 15) is 0 Å². The Balaban J connectivity index is 2.00. The van der Waals surface area contributed by atoms with E-state index >= 15 is 0 Å². The van der Waals surface area contributed by atoms with E-state index < -0.39 is 0 Å². The van der Waals surface area contributed by atoms with E-state index in [0.29, 0.717) is 0 Å². The van der Waals surface area contributed by atoms with Crippen LogP contribution < -0.4 is 0 Å². The van der Waals surface area contributed by atoms with Gasteiger partial charge in [-0.3, -0.25) is 0 Å². The van der Waals surface area contributed by atoms with Crippen LogP contribution in [0, 0.1) is 6.92 Å². The SMILES string of the molecule is Cc1nc2c3ccccc3c3ccccc3c2nc1-c1ccccc1. The second-order valence-corrected chi connectivity index (χ2v) is 6.31. The topological polar surface area (TPSA) is 25.8 Å². The lowest BCUT2D eigenvalue weighted by Gasteiger charge is -2.12. The van der Waals surface area contributed by atoms with Crippen LogP contribution >= 0.6 is 0 Å². The molecule has 0 saturated carbocycles. The van der Waals surface area contributed by atoms with Crippen LogP contribution in [0.3, 0.4) is 0 Å². The van der Waals surface area contributed by atoms with Gasteiger partial charge in [-0.25, -0.2) is 9.97 Å². The third-order valence-corrected chi connectivity index (χ3v) is 4.77. The predicted octanol–water partition coefficient (Wildman–Crippen LogP) is 5.91. The summed E-state index contributed by atoms with van der Waals surface area (Å²) in [6.07, 6.45) is 0. The fraction of sp³-hybridized carbons (Fsp3) is 0.0435. The summed E-state index contributed by atoms with van der Waals surface area (Å²) in [5, 5.41) is 4.77. The lowest BCUT2D eigenvalue weighted by atomic mass is 9.99. The zero-order valence-electron chi connectivity index (χ0n) is 13.9. The summed E-state index contributed by atoms with van der Waals surface area (Å²) < 4.78 is 0. The Morgan fingerprint density at radius 3 is 1.60 bits per heavy atom. The number of hydrogen-bond donors (Lipinski definition) is 0. The van der Waals surface area contributed by atoms with Crippen LogP contribution in [0.25, 0.3) is 43.8 Å². The minimum atomic E-state index is 0.952. The maximum absolute atomic E-state index is 5.06. The molecule has 0 saturated heterocycles. The molecule has 0 radical (unpaired) electrons. The van der Waals surface area contributed by atoms with Crippen molar-refractivity contribution in [3.63, 3.8) is 0 Å². The molecule has 1 heterocycles. The molecule has 0 N–H and O–H groups in total. The molecule has 1 aromatic heterocycles. The molecule has 118 valence electrons. The van der Waals surface area contributed by atoms with Crippen LogP contribution in [0.5, 0.6) is 0 Å². The van der Waals surface area contributed by atoms with Crippen molar-refractivity contribution in [3.8, 4) is 11.3 Å². The molecule has 2 heteroatoms. The van der Waals surface area contributed by atoms with Crippen LogP contribution in [-0.4, -0.2) is 9.97 Å². The summed E-state index contributed by atoms with van der Waals surface area (Å²) >= 11 is 0. The molecule has 4 aromatic carbocycles. The highest BCUT2D eigenvalue weighted by Gasteiger charge is 2.13. The van der Waals surface area contributed by atoms with Gasteiger partial charge in [0.25, 0.3) is 0 Å². The van der Waals surface area contributed by atoms with Crippen molar-refractivity contribution in [2.45, 2.75) is 6.92 Å². The number of hydrogen-bond acceptors (Lipinski definition) is 2. The first-order chi connectivity index (χ1) is 12.3. The van der Waals surface area contributed by atoms with E-state index in [-0.39, 0.29) is 0 Å². The molecule has 0 atom stereocenters. The van der Waals surface area contributed by atoms with Gasteiger partial charge in [-0.05, 0) is 17.7 Å². The van der Waals surface area contributed by atoms with Gasteiger partial charge in [0.1, 0.15) is 0 Å². The Labute approximate surface area is 145 Å². The third kappa shape index (κ3) is 2.11. The summed E-state index contributed by atoms with van der Waals surface area (Å²) in [6.45, 7) is 2.04. The quantitative estimate of drug-likeness (QED) is 0.359. The molecule has 2 nitrogen and oxygen atoms in total. The highest BCUT2D eigenvalue weighted by atomic mass is 14.8. The Morgan fingerprint density at radius 1 is 0.520 bits per heavy atom. The number of aromatic nitrogens is 2. The van der Waals surface area contributed by atoms with Gasteiger partial charge in [-0.15, -0.1) is 0 Å². The molecule has 0 fully saturated rings. The second-order valence-electron chi connectivity index (χ2n) is 6.31. The summed E-state index contributed by atoms with van der Waals surface area (Å²) in [6, 6.07) is 27.2. The molecular weight excluding hydrogens is 304 g/mol. The van der Waals surface area contributed by atoms with Gasteiger partial charge in [0, 0.05) is 16.3 Å². The molecule has 0 unspecified atom stereocenters. The zero-order valence-corrected chi connectivity index (χ0v) is 13.9. The van der Waals surface area contributed by atoms with Crippen molar-refractivity contribution >= 4 is 32.6 Å². The fourth-order valence-corrected chi connectivity index (χ4v) is 3.61. The predicted molar refractivity (Wildman–Crippen MR) is 105 cm³/mol. The number of benzene rings is 4. The van der Waals surface area contributed by atoms with E-state index in [2.05, 4.69) is 60.7 Å². The van der Waals surface area contributed by atoms with Gasteiger partial charge in [0.2, 0.25) is 0 Å². The molecule has 25 heavy (non-hydrogen) atoms. The van der Waals surface area contributed by atoms with Crippen LogP contribution in [0.4, 0.5) is 0 Å². The Kier molecular flexibility index (Phi) is 3.04. The second kappa shape index (κ2) is 5.38. The summed E-state index contributed by atoms with van der Waals surface area (Å²) in [4.78, 5) is 10.0. The molecule has 0 bridgehead atoms. The largest absolute Gasteiger partial charge is 0.249 e. The van der Waals surface area contributed by atoms with Gasteiger partial charge >= 0.3 is 0 Å². The first kappa shape index (κ1) is 14.1. The molecule has 5 rings (SSSR count). The summed E-state index contributed by atoms with van der Waals surface area (Å²) in [7, 11) is 0. The number of fused-ring (bicyclic) bond motifs is 6. The van der Waals surface area contributed by atoms with E-state index in [1.54, 1.807) is 0 Å². The average Bonchev–Trinajstić information content (AvgIpc) is 2.68. The van der Waals surface area contributed by atoms with Crippen molar-refractivity contribution in [1.82, 2.24) is 9.97 Å². The normalized spacial score (nSPS) is 11.4. The molecule has 5 aromatic rings. The summed E-state index contributed by atoms with van der Waals surface area (Å²) in [5.41, 5.74) is 4.96. The van der Waals surface area contributed by atoms with Gasteiger partial charge in [0.15, 0.2) is 0 Å². The molecule has 0 aliphatic carbocycles. The lowest BCUT2D eigenvalue weighted by molar-refractivity contribution is 1.20. The minimum Gasteiger partial charge on any atom is -0.249 e. The van der Waals surface area contributed by atoms with Crippen LogP contribution in [0.2, 0.25) is 0 Å². The van der Waals surface area contributed by atoms with Crippen molar-refractivity contribution in [2.24, 2.45) is 0 Å². The van der Waals surface area contributed by atoms with Gasteiger partial charge in [0.05, 0.1) is 22.4 Å². The standard InChI is InChI=1S/C23H16N2/c1-15-21(16-9-3-2-4-10-16)25-23-20-14-8-6-12-18(20)17-11-5-7-13-19(17)22(23)24-15/h2-14H,1H3. The molecular formula is C23H16N2.